The average molecular weight is 207 g/mol. The fourth-order valence-corrected chi connectivity index (χ4v) is 1.30. The van der Waals surface area contributed by atoms with Gasteiger partial charge in [0.2, 0.25) is 0 Å². The number of ether oxygens (including phenoxy) is 2. The molecule has 0 N–H and O–H groups in total. The smallest absolute Gasteiger partial charge is 0.196 e. The van der Waals surface area contributed by atoms with Gasteiger partial charge in [0.05, 0.1) is 16.8 Å². The van der Waals surface area contributed by atoms with Crippen LogP contribution in [0, 0.1) is 0 Å². The molecule has 0 saturated heterocycles. The van der Waals surface area contributed by atoms with E-state index in [1.54, 1.807) is 0 Å². The van der Waals surface area contributed by atoms with Gasteiger partial charge in [0, 0.05) is 0 Å². The Morgan fingerprint density at radius 1 is 1.36 bits per heavy atom. The molecule has 0 aliphatic carbocycles. The predicted molar refractivity (Wildman–Crippen MR) is 58.2 cm³/mol. The summed E-state index contributed by atoms with van der Waals surface area (Å²) in [5.74, 6) is 0.813. The molecule has 1 unspecified atom stereocenters. The Bertz CT molecular complexity index is 276. The maximum absolute atomic E-state index is 5.58. The van der Waals surface area contributed by atoms with Gasteiger partial charge >= 0.3 is 0 Å². The molecule has 1 atom stereocenters. The Morgan fingerprint density at radius 3 is 2.71 bits per heavy atom. The van der Waals surface area contributed by atoms with Gasteiger partial charge in [-0.2, -0.15) is 0 Å². The molecule has 1 rings (SSSR count). The fraction of sp³-hybridized carbons (Fsp3) is 0.455. The van der Waals surface area contributed by atoms with Crippen molar-refractivity contribution in [3.63, 3.8) is 0 Å². The first kappa shape index (κ1) is 11.3. The van der Waals surface area contributed by atoms with Crippen molar-refractivity contribution in [3.05, 3.63) is 24.3 Å². The molecule has 0 fully saturated rings. The highest BCUT2D eigenvalue weighted by molar-refractivity contribution is 6.34. The van der Waals surface area contributed by atoms with Gasteiger partial charge in [-0.05, 0) is 24.6 Å². The van der Waals surface area contributed by atoms with E-state index >= 15 is 0 Å². The Balaban J connectivity index is 2.47. The van der Waals surface area contributed by atoms with Crippen molar-refractivity contribution in [2.75, 3.05) is 6.61 Å². The lowest BCUT2D eigenvalue weighted by molar-refractivity contribution is -0.0657. The molecule has 0 saturated carbocycles. The number of rotatable bonds is 5. The minimum Gasteiger partial charge on any atom is -0.465 e. The van der Waals surface area contributed by atoms with Crippen LogP contribution in [0.3, 0.4) is 0 Å². The zero-order chi connectivity index (χ0) is 10.4. The molecule has 0 aliphatic heterocycles. The fourth-order valence-electron chi connectivity index (χ4n) is 1.07. The highest BCUT2D eigenvalue weighted by atomic mass is 28.1. The van der Waals surface area contributed by atoms with Crippen LogP contribution in [0.4, 0.5) is 0 Å². The van der Waals surface area contributed by atoms with Crippen LogP contribution in [0.2, 0.25) is 0 Å². The van der Waals surface area contributed by atoms with Crippen LogP contribution in [-0.2, 0) is 4.74 Å². The topological polar surface area (TPSA) is 18.5 Å². The first-order valence-electron chi connectivity index (χ1n) is 4.83. The van der Waals surface area contributed by atoms with E-state index in [2.05, 4.69) is 17.2 Å². The van der Waals surface area contributed by atoms with E-state index in [0.29, 0.717) is 0 Å². The van der Waals surface area contributed by atoms with E-state index in [-0.39, 0.29) is 6.29 Å². The Labute approximate surface area is 88.7 Å². The zero-order valence-corrected chi connectivity index (χ0v) is 9.62. The summed E-state index contributed by atoms with van der Waals surface area (Å²) in [6.45, 7) is 4.70. The van der Waals surface area contributed by atoms with Crippen LogP contribution in [-0.4, -0.2) is 23.1 Å². The molecule has 1 aromatic rings. The van der Waals surface area contributed by atoms with Crippen molar-refractivity contribution in [2.45, 2.75) is 26.6 Å². The maximum atomic E-state index is 5.58. The second-order valence-corrected chi connectivity index (χ2v) is 3.59. The highest BCUT2D eigenvalue weighted by Crippen LogP contribution is 2.08. The molecular formula is C11H15O2Si. The van der Waals surface area contributed by atoms with Gasteiger partial charge in [0.25, 0.3) is 0 Å². The Hall–Kier alpha value is -0.803. The molecule has 0 heterocycles. The lowest BCUT2D eigenvalue weighted by atomic mass is 10.3. The minimum atomic E-state index is -0.201. The van der Waals surface area contributed by atoms with Crippen LogP contribution in [0.25, 0.3) is 0 Å². The summed E-state index contributed by atoms with van der Waals surface area (Å²) < 4.78 is 11.0. The van der Waals surface area contributed by atoms with Gasteiger partial charge in [0.15, 0.2) is 6.29 Å². The Kier molecular flexibility index (Phi) is 4.69. The second-order valence-electron chi connectivity index (χ2n) is 3.05. The van der Waals surface area contributed by atoms with Crippen molar-refractivity contribution in [3.8, 4) is 5.75 Å². The van der Waals surface area contributed by atoms with E-state index < -0.39 is 0 Å². The molecular weight excluding hydrogens is 192 g/mol. The quantitative estimate of drug-likeness (QED) is 0.540. The van der Waals surface area contributed by atoms with E-state index in [9.17, 15) is 0 Å². The largest absolute Gasteiger partial charge is 0.465 e. The van der Waals surface area contributed by atoms with E-state index in [0.717, 1.165) is 24.0 Å². The molecule has 75 valence electrons. The normalized spacial score (nSPS) is 12.5. The van der Waals surface area contributed by atoms with E-state index in [4.69, 9.17) is 9.47 Å². The lowest BCUT2D eigenvalue weighted by Gasteiger charge is -2.16. The van der Waals surface area contributed by atoms with Crippen molar-refractivity contribution < 1.29 is 9.47 Å². The molecule has 3 radical (unpaired) electrons. The molecule has 0 bridgehead atoms. The second kappa shape index (κ2) is 5.83. The third-order valence-corrected chi connectivity index (χ3v) is 2.15. The van der Waals surface area contributed by atoms with Gasteiger partial charge in [-0.15, -0.1) is 0 Å². The van der Waals surface area contributed by atoms with Crippen molar-refractivity contribution in [2.24, 2.45) is 0 Å². The van der Waals surface area contributed by atoms with Gasteiger partial charge in [-0.25, -0.2) is 0 Å². The third-order valence-electron chi connectivity index (χ3n) is 1.74. The summed E-state index contributed by atoms with van der Waals surface area (Å²) in [5.41, 5.74) is 0. The molecule has 0 aromatic heterocycles. The summed E-state index contributed by atoms with van der Waals surface area (Å²) in [6, 6.07) is 7.74. The zero-order valence-electron chi connectivity index (χ0n) is 8.62. The first-order valence-corrected chi connectivity index (χ1v) is 5.33. The molecule has 0 amide bonds. The molecule has 14 heavy (non-hydrogen) atoms. The monoisotopic (exact) mass is 207 g/mol. The standard InChI is InChI=1S/C11H15O2Si/c1-3-8-12-9(2)13-10-6-4-5-7-11(10)14/h4-7,9H,3,8H2,1-2H3. The SMILES string of the molecule is CCCOC(C)Oc1ccccc1[Si]. The minimum absolute atomic E-state index is 0.201. The van der Waals surface area contributed by atoms with Gasteiger partial charge in [-0.1, -0.05) is 25.1 Å². The summed E-state index contributed by atoms with van der Waals surface area (Å²) in [7, 11) is 3.46. The third kappa shape index (κ3) is 3.52. The molecule has 3 heteroatoms. The van der Waals surface area contributed by atoms with Crippen LogP contribution in [0.1, 0.15) is 20.3 Å². The predicted octanol–water partition coefficient (Wildman–Crippen LogP) is 1.63. The van der Waals surface area contributed by atoms with Crippen molar-refractivity contribution in [1.82, 2.24) is 0 Å². The van der Waals surface area contributed by atoms with E-state index in [1.165, 1.54) is 0 Å². The molecule has 1 aromatic carbocycles. The summed E-state index contributed by atoms with van der Waals surface area (Å²) in [5, 5.41) is 0.944. The lowest BCUT2D eigenvalue weighted by Crippen LogP contribution is -2.20. The van der Waals surface area contributed by atoms with Crippen LogP contribution in [0.15, 0.2) is 24.3 Å². The summed E-state index contributed by atoms with van der Waals surface area (Å²) >= 11 is 0. The van der Waals surface area contributed by atoms with E-state index in [1.807, 2.05) is 31.2 Å². The van der Waals surface area contributed by atoms with Crippen LogP contribution in [0.5, 0.6) is 5.75 Å². The number of para-hydroxylation sites is 1. The summed E-state index contributed by atoms with van der Waals surface area (Å²) in [4.78, 5) is 0. The number of benzene rings is 1. The van der Waals surface area contributed by atoms with Crippen molar-refractivity contribution in [1.29, 1.82) is 0 Å². The first-order chi connectivity index (χ1) is 6.74. The van der Waals surface area contributed by atoms with Crippen molar-refractivity contribution >= 4 is 15.4 Å². The number of hydrogen-bond acceptors (Lipinski definition) is 2. The number of hydrogen-bond donors (Lipinski definition) is 0. The van der Waals surface area contributed by atoms with Gasteiger partial charge in [0.1, 0.15) is 5.75 Å². The average Bonchev–Trinajstić information content (AvgIpc) is 2.18. The summed E-state index contributed by atoms with van der Waals surface area (Å²) in [6.07, 6.45) is 0.802. The maximum Gasteiger partial charge on any atom is 0.196 e. The molecule has 0 spiro atoms. The Morgan fingerprint density at radius 2 is 2.07 bits per heavy atom. The van der Waals surface area contributed by atoms with Gasteiger partial charge in [-0.3, -0.25) is 0 Å². The van der Waals surface area contributed by atoms with Crippen LogP contribution >= 0.6 is 0 Å². The molecule has 0 aliphatic rings. The highest BCUT2D eigenvalue weighted by Gasteiger charge is 2.04. The van der Waals surface area contributed by atoms with Crippen LogP contribution < -0.4 is 9.92 Å². The van der Waals surface area contributed by atoms with Gasteiger partial charge < -0.3 is 9.47 Å². The molecule has 2 nitrogen and oxygen atoms in total.